The summed E-state index contributed by atoms with van der Waals surface area (Å²) in [4.78, 5) is 14.8. The number of hydrogen-bond acceptors (Lipinski definition) is 3. The number of hydrogen-bond donors (Lipinski definition) is 1. The molecule has 0 radical (unpaired) electrons. The number of amides is 1. The van der Waals surface area contributed by atoms with Gasteiger partial charge >= 0.3 is 0 Å². The summed E-state index contributed by atoms with van der Waals surface area (Å²) >= 11 is 0. The molecular weight excluding hydrogens is 288 g/mol. The van der Waals surface area contributed by atoms with E-state index in [0.717, 1.165) is 30.9 Å². The van der Waals surface area contributed by atoms with Gasteiger partial charge in [-0.25, -0.2) is 0 Å². The minimum absolute atomic E-state index is 0. The standard InChI is InChI=1S/C16H24N2O2.ClH/c1-12-11-18(10-9-17-12)15(19)16(2,3)13-5-7-14(20-4)8-6-13;/h5-8,12,17H,9-11H2,1-4H3;1H/t12-;/m1./s1. The van der Waals surface area contributed by atoms with E-state index in [2.05, 4.69) is 12.2 Å². The van der Waals surface area contributed by atoms with E-state index >= 15 is 0 Å². The first-order valence-electron chi connectivity index (χ1n) is 7.12. The molecule has 2 rings (SSSR count). The Morgan fingerprint density at radius 1 is 1.33 bits per heavy atom. The lowest BCUT2D eigenvalue weighted by Gasteiger charge is -2.37. The number of piperazine rings is 1. The summed E-state index contributed by atoms with van der Waals surface area (Å²) in [6.07, 6.45) is 0. The van der Waals surface area contributed by atoms with Gasteiger partial charge < -0.3 is 15.0 Å². The third-order valence-corrected chi connectivity index (χ3v) is 4.00. The highest BCUT2D eigenvalue weighted by Gasteiger charge is 2.35. The average Bonchev–Trinajstić information content (AvgIpc) is 2.46. The molecule has 1 aromatic rings. The van der Waals surface area contributed by atoms with E-state index in [9.17, 15) is 4.79 Å². The van der Waals surface area contributed by atoms with Gasteiger partial charge in [0.25, 0.3) is 0 Å². The molecule has 1 aromatic carbocycles. The summed E-state index contributed by atoms with van der Waals surface area (Å²) in [7, 11) is 1.65. The SMILES string of the molecule is COc1ccc(C(C)(C)C(=O)N2CCN[C@H](C)C2)cc1.Cl. The smallest absolute Gasteiger partial charge is 0.232 e. The molecule has 1 N–H and O–H groups in total. The van der Waals surface area contributed by atoms with E-state index < -0.39 is 5.41 Å². The summed E-state index contributed by atoms with van der Waals surface area (Å²) in [5.74, 6) is 1.00. The van der Waals surface area contributed by atoms with Crippen molar-refractivity contribution < 1.29 is 9.53 Å². The van der Waals surface area contributed by atoms with Gasteiger partial charge in [-0.2, -0.15) is 0 Å². The van der Waals surface area contributed by atoms with Crippen LogP contribution in [-0.4, -0.2) is 43.6 Å². The van der Waals surface area contributed by atoms with Crippen LogP contribution in [0.2, 0.25) is 0 Å². The molecule has 0 aromatic heterocycles. The van der Waals surface area contributed by atoms with Crippen molar-refractivity contribution in [3.63, 3.8) is 0 Å². The van der Waals surface area contributed by atoms with Gasteiger partial charge in [0.1, 0.15) is 5.75 Å². The maximum Gasteiger partial charge on any atom is 0.232 e. The predicted molar refractivity (Wildman–Crippen MR) is 87.3 cm³/mol. The van der Waals surface area contributed by atoms with Gasteiger partial charge in [-0.1, -0.05) is 12.1 Å². The lowest BCUT2D eigenvalue weighted by Crippen LogP contribution is -2.55. The zero-order chi connectivity index (χ0) is 14.8. The fraction of sp³-hybridized carbons (Fsp3) is 0.562. The van der Waals surface area contributed by atoms with E-state index in [1.807, 2.05) is 43.0 Å². The van der Waals surface area contributed by atoms with Crippen molar-refractivity contribution in [2.75, 3.05) is 26.7 Å². The lowest BCUT2D eigenvalue weighted by molar-refractivity contribution is -0.137. The molecule has 5 heteroatoms. The first-order chi connectivity index (χ1) is 9.45. The van der Waals surface area contributed by atoms with Crippen molar-refractivity contribution in [3.8, 4) is 5.75 Å². The number of nitrogens with one attached hydrogen (secondary N) is 1. The van der Waals surface area contributed by atoms with Crippen molar-refractivity contribution in [2.45, 2.75) is 32.2 Å². The van der Waals surface area contributed by atoms with Gasteiger partial charge in [0.15, 0.2) is 0 Å². The third kappa shape index (κ3) is 3.89. The summed E-state index contributed by atoms with van der Waals surface area (Å²) < 4.78 is 5.17. The minimum Gasteiger partial charge on any atom is -0.497 e. The van der Waals surface area contributed by atoms with E-state index in [1.165, 1.54) is 0 Å². The molecule has 4 nitrogen and oxygen atoms in total. The van der Waals surface area contributed by atoms with Crippen LogP contribution in [0.5, 0.6) is 5.75 Å². The summed E-state index contributed by atoms with van der Waals surface area (Å²) in [5, 5.41) is 3.36. The van der Waals surface area contributed by atoms with Gasteiger partial charge in [0.05, 0.1) is 12.5 Å². The average molecular weight is 313 g/mol. The minimum atomic E-state index is -0.511. The maximum atomic E-state index is 12.8. The molecule has 0 saturated carbocycles. The van der Waals surface area contributed by atoms with Crippen LogP contribution in [0.3, 0.4) is 0 Å². The highest BCUT2D eigenvalue weighted by molar-refractivity contribution is 5.87. The molecule has 21 heavy (non-hydrogen) atoms. The molecule has 1 aliphatic heterocycles. The molecule has 0 bridgehead atoms. The summed E-state index contributed by atoms with van der Waals surface area (Å²) in [6.45, 7) is 8.51. The molecule has 118 valence electrons. The topological polar surface area (TPSA) is 41.6 Å². The summed E-state index contributed by atoms with van der Waals surface area (Å²) in [5.41, 5.74) is 0.512. The first-order valence-corrected chi connectivity index (χ1v) is 7.12. The maximum absolute atomic E-state index is 12.8. The fourth-order valence-corrected chi connectivity index (χ4v) is 2.64. The second kappa shape index (κ2) is 7.14. The molecular formula is C16H25ClN2O2. The van der Waals surface area contributed by atoms with Crippen LogP contribution >= 0.6 is 12.4 Å². The van der Waals surface area contributed by atoms with Crippen LogP contribution < -0.4 is 10.1 Å². The Morgan fingerprint density at radius 2 is 1.95 bits per heavy atom. The first kappa shape index (κ1) is 17.8. The second-order valence-corrected chi connectivity index (χ2v) is 5.96. The third-order valence-electron chi connectivity index (χ3n) is 4.00. The monoisotopic (exact) mass is 312 g/mol. The van der Waals surface area contributed by atoms with E-state index in [-0.39, 0.29) is 18.3 Å². The molecule has 1 aliphatic rings. The highest BCUT2D eigenvalue weighted by atomic mass is 35.5. The Bertz CT molecular complexity index is 474. The number of methoxy groups -OCH3 is 1. The number of benzene rings is 1. The molecule has 1 amide bonds. The van der Waals surface area contributed by atoms with E-state index in [4.69, 9.17) is 4.74 Å². The van der Waals surface area contributed by atoms with Crippen LogP contribution in [0.1, 0.15) is 26.3 Å². The lowest BCUT2D eigenvalue weighted by atomic mass is 9.83. The van der Waals surface area contributed by atoms with E-state index in [1.54, 1.807) is 7.11 Å². The number of ether oxygens (including phenoxy) is 1. The quantitative estimate of drug-likeness (QED) is 0.930. The van der Waals surface area contributed by atoms with Crippen molar-refractivity contribution in [2.24, 2.45) is 0 Å². The molecule has 0 aliphatic carbocycles. The highest BCUT2D eigenvalue weighted by Crippen LogP contribution is 2.27. The van der Waals surface area contributed by atoms with Gasteiger partial charge in [0.2, 0.25) is 5.91 Å². The molecule has 1 atom stereocenters. The predicted octanol–water partition coefficient (Wildman–Crippen LogP) is 2.21. The fourth-order valence-electron chi connectivity index (χ4n) is 2.64. The Labute approximate surface area is 133 Å². The Balaban J connectivity index is 0.00000220. The van der Waals surface area contributed by atoms with Crippen LogP contribution in [-0.2, 0) is 10.2 Å². The number of carbonyl (C=O) groups excluding carboxylic acids is 1. The van der Waals surface area contributed by atoms with Crippen molar-refractivity contribution >= 4 is 18.3 Å². The largest absolute Gasteiger partial charge is 0.497 e. The van der Waals surface area contributed by atoms with Crippen molar-refractivity contribution in [1.82, 2.24) is 10.2 Å². The van der Waals surface area contributed by atoms with Gasteiger partial charge in [-0.05, 0) is 38.5 Å². The summed E-state index contributed by atoms with van der Waals surface area (Å²) in [6, 6.07) is 8.12. The van der Waals surface area contributed by atoms with Crippen molar-refractivity contribution in [1.29, 1.82) is 0 Å². The molecule has 1 saturated heterocycles. The van der Waals surface area contributed by atoms with Gasteiger partial charge in [-0.15, -0.1) is 12.4 Å². The zero-order valence-electron chi connectivity index (χ0n) is 13.2. The van der Waals surface area contributed by atoms with Gasteiger partial charge in [-0.3, -0.25) is 4.79 Å². The molecule has 0 unspecified atom stereocenters. The van der Waals surface area contributed by atoms with Crippen LogP contribution in [0.4, 0.5) is 0 Å². The van der Waals surface area contributed by atoms with Crippen LogP contribution in [0.15, 0.2) is 24.3 Å². The number of carbonyl (C=O) groups is 1. The second-order valence-electron chi connectivity index (χ2n) is 5.96. The molecule has 0 spiro atoms. The number of halogens is 1. The Hall–Kier alpha value is -1.26. The van der Waals surface area contributed by atoms with E-state index in [0.29, 0.717) is 6.04 Å². The Morgan fingerprint density at radius 3 is 2.48 bits per heavy atom. The van der Waals surface area contributed by atoms with Crippen molar-refractivity contribution in [3.05, 3.63) is 29.8 Å². The number of nitrogens with zero attached hydrogens (tertiary/aromatic N) is 1. The normalized spacial score (nSPS) is 18.9. The number of rotatable bonds is 3. The zero-order valence-corrected chi connectivity index (χ0v) is 14.0. The van der Waals surface area contributed by atoms with Gasteiger partial charge in [0, 0.05) is 25.7 Å². The van der Waals surface area contributed by atoms with Crippen LogP contribution in [0.25, 0.3) is 0 Å². The van der Waals surface area contributed by atoms with Crippen LogP contribution in [0, 0.1) is 0 Å². The molecule has 1 heterocycles. The molecule has 1 fully saturated rings. The Kier molecular flexibility index (Phi) is 6.05.